The number of para-hydroxylation sites is 1. The Kier molecular flexibility index (Phi) is 9.98. The average molecular weight is 671 g/mol. The molecule has 2 aliphatic heterocycles. The third-order valence-corrected chi connectivity index (χ3v) is 9.37. The van der Waals surface area contributed by atoms with E-state index in [0.717, 1.165) is 5.56 Å². The zero-order valence-corrected chi connectivity index (χ0v) is 28.3. The van der Waals surface area contributed by atoms with E-state index in [0.29, 0.717) is 12.2 Å². The SMILES string of the molecule is CC1(C)O[C@@H]2[C@@H](COP(=O)(N[C@H](COC(=O)C(C)(C)C)Cc3ccccc3)Oc3ccccc3)O[C@@H](n3ccc(N)nc3=O)[C@]2(C)O1. The molecule has 14 heteroatoms. The Morgan fingerprint density at radius 1 is 1.09 bits per heavy atom. The maximum Gasteiger partial charge on any atom is 0.459 e. The van der Waals surface area contributed by atoms with Crippen molar-refractivity contribution in [2.45, 2.75) is 83.8 Å². The number of hydrogen-bond donors (Lipinski definition) is 2. The molecule has 47 heavy (non-hydrogen) atoms. The van der Waals surface area contributed by atoms with Crippen molar-refractivity contribution in [1.82, 2.24) is 14.6 Å². The number of nitrogens with zero attached hydrogens (tertiary/aromatic N) is 2. The summed E-state index contributed by atoms with van der Waals surface area (Å²) in [5.41, 5.74) is 4.13. The first-order valence-electron chi connectivity index (χ1n) is 15.4. The molecule has 0 bridgehead atoms. The lowest BCUT2D eigenvalue weighted by molar-refractivity contribution is -0.217. The van der Waals surface area contributed by atoms with Gasteiger partial charge < -0.3 is 29.2 Å². The molecule has 1 aromatic heterocycles. The van der Waals surface area contributed by atoms with Crippen LogP contribution in [0.4, 0.5) is 5.82 Å². The highest BCUT2D eigenvalue weighted by Crippen LogP contribution is 2.52. The van der Waals surface area contributed by atoms with Crippen LogP contribution >= 0.6 is 7.75 Å². The molecule has 2 fully saturated rings. The van der Waals surface area contributed by atoms with Gasteiger partial charge in [-0.3, -0.25) is 13.9 Å². The number of fused-ring (bicyclic) bond motifs is 1. The first-order chi connectivity index (χ1) is 22.1. The van der Waals surface area contributed by atoms with Crippen LogP contribution in [0.15, 0.2) is 77.7 Å². The van der Waals surface area contributed by atoms with Crippen LogP contribution in [0.2, 0.25) is 0 Å². The van der Waals surface area contributed by atoms with Crippen molar-refractivity contribution in [2.75, 3.05) is 18.9 Å². The molecule has 0 spiro atoms. The van der Waals surface area contributed by atoms with E-state index in [2.05, 4.69) is 10.1 Å². The summed E-state index contributed by atoms with van der Waals surface area (Å²) >= 11 is 0. The van der Waals surface area contributed by atoms with E-state index in [9.17, 15) is 14.2 Å². The van der Waals surface area contributed by atoms with Gasteiger partial charge in [0.05, 0.1) is 18.1 Å². The van der Waals surface area contributed by atoms with E-state index in [1.54, 1.807) is 71.9 Å². The molecule has 0 radical (unpaired) electrons. The molecule has 13 nitrogen and oxygen atoms in total. The first kappa shape index (κ1) is 34.7. The lowest BCUT2D eigenvalue weighted by Crippen LogP contribution is -2.45. The molecule has 2 saturated heterocycles. The molecule has 2 aromatic carbocycles. The van der Waals surface area contributed by atoms with Gasteiger partial charge in [-0.2, -0.15) is 4.98 Å². The van der Waals surface area contributed by atoms with E-state index in [1.165, 1.54) is 16.8 Å². The Labute approximate surface area is 274 Å². The summed E-state index contributed by atoms with van der Waals surface area (Å²) in [5.74, 6) is -1.07. The molecule has 254 valence electrons. The fourth-order valence-electron chi connectivity index (χ4n) is 5.65. The van der Waals surface area contributed by atoms with Crippen molar-refractivity contribution in [3.63, 3.8) is 0 Å². The van der Waals surface area contributed by atoms with Gasteiger partial charge >= 0.3 is 19.4 Å². The number of rotatable bonds is 12. The standard InChI is InChI=1S/C33H43N4O9P/c1-31(2,3)29(38)41-20-23(19-22-13-9-7-10-14-22)36-47(40,45-24-15-11-8-12-16-24)42-21-25-27-33(6,46-32(4,5)44-27)28(43-25)37-18-17-26(34)35-30(37)39/h7-18,23,25,27-28H,19-21H2,1-6H3,(H,36,40)(H2,34,35,39)/t23-,25+,27+,28+,33+,47?/m0/s1. The minimum atomic E-state index is -4.20. The Morgan fingerprint density at radius 3 is 2.38 bits per heavy atom. The highest BCUT2D eigenvalue weighted by Gasteiger charge is 2.64. The van der Waals surface area contributed by atoms with Gasteiger partial charge in [-0.1, -0.05) is 48.5 Å². The predicted octanol–water partition coefficient (Wildman–Crippen LogP) is 4.63. The molecule has 1 unspecified atom stereocenters. The van der Waals surface area contributed by atoms with Crippen LogP contribution in [0.1, 0.15) is 53.3 Å². The largest absolute Gasteiger partial charge is 0.464 e. The van der Waals surface area contributed by atoms with Crippen LogP contribution < -0.4 is 21.0 Å². The summed E-state index contributed by atoms with van der Waals surface area (Å²) in [7, 11) is -4.20. The fourth-order valence-corrected chi connectivity index (χ4v) is 7.19. The second-order valence-corrected chi connectivity index (χ2v) is 15.0. The maximum absolute atomic E-state index is 14.6. The third kappa shape index (κ3) is 8.29. The number of ether oxygens (including phenoxy) is 4. The molecule has 3 heterocycles. The highest BCUT2D eigenvalue weighted by atomic mass is 31.2. The summed E-state index contributed by atoms with van der Waals surface area (Å²) < 4.78 is 52.5. The summed E-state index contributed by atoms with van der Waals surface area (Å²) in [6.07, 6.45) is -0.714. The Bertz CT molecular complexity index is 1650. The molecule has 0 aliphatic carbocycles. The van der Waals surface area contributed by atoms with E-state index in [4.69, 9.17) is 33.7 Å². The number of aromatic nitrogens is 2. The zero-order chi connectivity index (χ0) is 34.0. The van der Waals surface area contributed by atoms with Crippen LogP contribution in [0.25, 0.3) is 0 Å². The molecule has 0 amide bonds. The second-order valence-electron chi connectivity index (χ2n) is 13.4. The van der Waals surface area contributed by atoms with Gasteiger partial charge in [-0.15, -0.1) is 0 Å². The molecule has 0 saturated carbocycles. The zero-order valence-electron chi connectivity index (χ0n) is 27.5. The number of anilines is 1. The molecule has 2 aliphatic rings. The number of nitrogens with two attached hydrogens (primary N) is 1. The third-order valence-electron chi connectivity index (χ3n) is 7.75. The van der Waals surface area contributed by atoms with Gasteiger partial charge in [-0.25, -0.2) is 14.4 Å². The molecular formula is C33H43N4O9P. The second kappa shape index (κ2) is 13.5. The van der Waals surface area contributed by atoms with Crippen LogP contribution in [0.3, 0.4) is 0 Å². The fraction of sp³-hybridized carbons (Fsp3) is 0.485. The van der Waals surface area contributed by atoms with Crippen molar-refractivity contribution in [3.05, 3.63) is 89.0 Å². The van der Waals surface area contributed by atoms with Crippen LogP contribution in [0, 0.1) is 5.41 Å². The minimum Gasteiger partial charge on any atom is -0.464 e. The molecule has 6 atom stereocenters. The molecule has 3 aromatic rings. The van der Waals surface area contributed by atoms with Crippen LogP contribution in [-0.4, -0.2) is 58.4 Å². The highest BCUT2D eigenvalue weighted by molar-refractivity contribution is 7.52. The van der Waals surface area contributed by atoms with E-state index in [1.807, 2.05) is 30.3 Å². The smallest absolute Gasteiger partial charge is 0.459 e. The average Bonchev–Trinajstić information content (AvgIpc) is 3.40. The lowest BCUT2D eigenvalue weighted by atomic mass is 9.96. The van der Waals surface area contributed by atoms with Crippen molar-refractivity contribution in [1.29, 1.82) is 0 Å². The Hall–Kier alpha value is -3.58. The number of nitrogen functional groups attached to an aromatic ring is 1. The number of benzene rings is 2. The van der Waals surface area contributed by atoms with Crippen LogP contribution in [-0.2, 0) is 39.3 Å². The van der Waals surface area contributed by atoms with Gasteiger partial charge in [0.25, 0.3) is 0 Å². The summed E-state index contributed by atoms with van der Waals surface area (Å²) in [6.45, 7) is 10.2. The topological polar surface area (TPSA) is 162 Å². The summed E-state index contributed by atoms with van der Waals surface area (Å²) in [4.78, 5) is 29.4. The summed E-state index contributed by atoms with van der Waals surface area (Å²) in [6, 6.07) is 18.9. The van der Waals surface area contributed by atoms with E-state index in [-0.39, 0.29) is 19.0 Å². The van der Waals surface area contributed by atoms with Crippen molar-refractivity contribution in [2.24, 2.45) is 5.41 Å². The van der Waals surface area contributed by atoms with Crippen molar-refractivity contribution >= 4 is 19.5 Å². The molecule has 3 N–H and O–H groups in total. The van der Waals surface area contributed by atoms with Crippen LogP contribution in [0.5, 0.6) is 5.75 Å². The summed E-state index contributed by atoms with van der Waals surface area (Å²) in [5, 5.41) is 3.03. The van der Waals surface area contributed by atoms with Gasteiger partial charge in [0.1, 0.15) is 36.0 Å². The number of carbonyl (C=O) groups excluding carboxylic acids is 1. The van der Waals surface area contributed by atoms with Gasteiger partial charge in [0.15, 0.2) is 12.0 Å². The predicted molar refractivity (Wildman–Crippen MR) is 173 cm³/mol. The number of esters is 1. The van der Waals surface area contributed by atoms with Gasteiger partial charge in [0.2, 0.25) is 0 Å². The van der Waals surface area contributed by atoms with Gasteiger partial charge in [-0.05, 0) is 71.7 Å². The van der Waals surface area contributed by atoms with Gasteiger partial charge in [0, 0.05) is 6.20 Å². The first-order valence-corrected chi connectivity index (χ1v) is 17.0. The quantitative estimate of drug-likeness (QED) is 0.203. The molecule has 5 rings (SSSR count). The molecular weight excluding hydrogens is 627 g/mol. The maximum atomic E-state index is 14.6. The number of hydrogen-bond acceptors (Lipinski definition) is 11. The normalized spacial score (nSPS) is 25.4. The van der Waals surface area contributed by atoms with E-state index >= 15 is 0 Å². The number of nitrogens with one attached hydrogen (secondary N) is 1. The lowest BCUT2D eigenvalue weighted by Gasteiger charge is -2.30. The number of carbonyl (C=O) groups is 1. The van der Waals surface area contributed by atoms with E-state index < -0.39 is 60.7 Å². The van der Waals surface area contributed by atoms with Crippen molar-refractivity contribution in [3.8, 4) is 5.75 Å². The minimum absolute atomic E-state index is 0.0677. The monoisotopic (exact) mass is 670 g/mol. The Morgan fingerprint density at radius 2 is 1.74 bits per heavy atom. The Balaban J connectivity index is 1.42. The van der Waals surface area contributed by atoms with Crippen molar-refractivity contribution < 1.29 is 37.4 Å².